The SMILES string of the molecule is CN[C@@H]1CCc2[nH]c3ccc(C(N)=O)cc3c2C1.O.O=C(O)CCC(=O)O. The maximum Gasteiger partial charge on any atom is 0.303 e. The fourth-order valence-electron chi connectivity index (χ4n) is 3.03. The van der Waals surface area contributed by atoms with E-state index in [1.807, 2.05) is 19.2 Å². The highest BCUT2D eigenvalue weighted by Gasteiger charge is 2.21. The second-order valence-electron chi connectivity index (χ2n) is 6.22. The number of nitrogens with two attached hydrogens (primary N) is 1. The summed E-state index contributed by atoms with van der Waals surface area (Å²) in [7, 11) is 2.00. The number of aryl methyl sites for hydroxylation is 1. The number of hydrogen-bond donors (Lipinski definition) is 5. The molecule has 27 heavy (non-hydrogen) atoms. The Morgan fingerprint density at radius 2 is 1.85 bits per heavy atom. The highest BCUT2D eigenvalue weighted by molar-refractivity contribution is 5.98. The van der Waals surface area contributed by atoms with Crippen molar-refractivity contribution in [2.45, 2.75) is 38.1 Å². The lowest BCUT2D eigenvalue weighted by Gasteiger charge is -2.21. The predicted molar refractivity (Wildman–Crippen MR) is 99.8 cm³/mol. The van der Waals surface area contributed by atoms with Crippen LogP contribution in [0.3, 0.4) is 0 Å². The molecular formula is C18H25N3O6. The minimum Gasteiger partial charge on any atom is -0.481 e. The van der Waals surface area contributed by atoms with E-state index >= 15 is 0 Å². The van der Waals surface area contributed by atoms with Crippen LogP contribution in [-0.4, -0.2) is 51.6 Å². The van der Waals surface area contributed by atoms with E-state index in [2.05, 4.69) is 10.3 Å². The number of primary amides is 1. The van der Waals surface area contributed by atoms with Crippen LogP contribution in [0.5, 0.6) is 0 Å². The first kappa shape index (κ1) is 22.1. The summed E-state index contributed by atoms with van der Waals surface area (Å²) in [4.78, 5) is 34.0. The van der Waals surface area contributed by atoms with Crippen molar-refractivity contribution < 1.29 is 30.1 Å². The Balaban J connectivity index is 0.000000350. The lowest BCUT2D eigenvalue weighted by molar-refractivity contribution is -0.143. The molecule has 0 saturated heterocycles. The molecule has 0 fully saturated rings. The van der Waals surface area contributed by atoms with Gasteiger partial charge in [-0.15, -0.1) is 0 Å². The van der Waals surface area contributed by atoms with Gasteiger partial charge in [0.2, 0.25) is 5.91 Å². The van der Waals surface area contributed by atoms with Crippen molar-refractivity contribution in [1.29, 1.82) is 0 Å². The minimum atomic E-state index is -1.08. The summed E-state index contributed by atoms with van der Waals surface area (Å²) >= 11 is 0. The van der Waals surface area contributed by atoms with Crippen molar-refractivity contribution in [3.8, 4) is 0 Å². The van der Waals surface area contributed by atoms with Gasteiger partial charge in [-0.2, -0.15) is 0 Å². The van der Waals surface area contributed by atoms with Gasteiger partial charge in [0.25, 0.3) is 0 Å². The van der Waals surface area contributed by atoms with Gasteiger partial charge >= 0.3 is 11.9 Å². The number of amides is 1. The molecule has 1 amide bonds. The van der Waals surface area contributed by atoms with Crippen molar-refractivity contribution in [1.82, 2.24) is 10.3 Å². The van der Waals surface area contributed by atoms with Crippen LogP contribution in [0.15, 0.2) is 18.2 Å². The van der Waals surface area contributed by atoms with Gasteiger partial charge in [-0.05, 0) is 50.1 Å². The number of aromatic nitrogens is 1. The molecule has 1 aromatic carbocycles. The number of aliphatic carboxylic acids is 2. The van der Waals surface area contributed by atoms with Crippen molar-refractivity contribution in [3.63, 3.8) is 0 Å². The Morgan fingerprint density at radius 1 is 1.22 bits per heavy atom. The van der Waals surface area contributed by atoms with E-state index in [9.17, 15) is 14.4 Å². The molecule has 1 aliphatic carbocycles. The standard InChI is InChI=1S/C14H17N3O.C4H6O4.H2O/c1-16-9-3-5-13-11(7-9)10-6-8(14(15)18)2-4-12(10)17-13;5-3(6)1-2-4(7)8;/h2,4,6,9,16-17H,3,5,7H2,1H3,(H2,15,18);1-2H2,(H,5,6)(H,7,8);1H2/t9-;;/m1../s1. The molecule has 1 aromatic heterocycles. The van der Waals surface area contributed by atoms with Crippen LogP contribution in [-0.2, 0) is 22.4 Å². The van der Waals surface area contributed by atoms with Crippen LogP contribution in [0.4, 0.5) is 0 Å². The van der Waals surface area contributed by atoms with E-state index in [-0.39, 0.29) is 24.2 Å². The molecule has 0 unspecified atom stereocenters. The van der Waals surface area contributed by atoms with E-state index in [4.69, 9.17) is 15.9 Å². The molecule has 0 radical (unpaired) electrons. The number of fused-ring (bicyclic) bond motifs is 3. The number of aromatic amines is 1. The molecule has 1 atom stereocenters. The third-order valence-corrected chi connectivity index (χ3v) is 4.43. The molecule has 0 spiro atoms. The smallest absolute Gasteiger partial charge is 0.303 e. The summed E-state index contributed by atoms with van der Waals surface area (Å²) in [6, 6.07) is 6.16. The topological polar surface area (TPSA) is 177 Å². The van der Waals surface area contributed by atoms with Gasteiger partial charge in [-0.25, -0.2) is 0 Å². The first-order valence-electron chi connectivity index (χ1n) is 8.36. The Kier molecular flexibility index (Phi) is 7.95. The Morgan fingerprint density at radius 3 is 2.37 bits per heavy atom. The number of rotatable bonds is 5. The lowest BCUT2D eigenvalue weighted by Crippen LogP contribution is -2.31. The molecule has 0 saturated carbocycles. The summed E-state index contributed by atoms with van der Waals surface area (Å²) in [5, 5.41) is 20.3. The maximum absolute atomic E-state index is 11.3. The number of carboxylic acid groups (broad SMARTS) is 2. The van der Waals surface area contributed by atoms with Gasteiger partial charge in [-0.3, -0.25) is 14.4 Å². The van der Waals surface area contributed by atoms with Gasteiger partial charge in [0.1, 0.15) is 0 Å². The third-order valence-electron chi connectivity index (χ3n) is 4.43. The third kappa shape index (κ3) is 5.80. The molecule has 148 valence electrons. The minimum absolute atomic E-state index is 0. The monoisotopic (exact) mass is 379 g/mol. The second kappa shape index (κ2) is 9.70. The van der Waals surface area contributed by atoms with E-state index in [0.29, 0.717) is 11.6 Å². The summed E-state index contributed by atoms with van der Waals surface area (Å²) in [6.07, 6.45) is 2.62. The molecule has 2 aromatic rings. The van der Waals surface area contributed by atoms with Crippen molar-refractivity contribution >= 4 is 28.7 Å². The Bertz CT molecular complexity index is 816. The molecule has 0 aliphatic heterocycles. The summed E-state index contributed by atoms with van der Waals surface area (Å²) in [5.74, 6) is -2.52. The van der Waals surface area contributed by atoms with Crippen molar-refractivity contribution in [2.24, 2.45) is 5.73 Å². The number of nitrogens with one attached hydrogen (secondary N) is 2. The van der Waals surface area contributed by atoms with Crippen LogP contribution < -0.4 is 11.1 Å². The highest BCUT2D eigenvalue weighted by atomic mass is 16.4. The first-order valence-corrected chi connectivity index (χ1v) is 8.36. The number of carbonyl (C=O) groups excluding carboxylic acids is 1. The molecular weight excluding hydrogens is 354 g/mol. The second-order valence-corrected chi connectivity index (χ2v) is 6.22. The molecule has 9 nitrogen and oxygen atoms in total. The Labute approximate surface area is 155 Å². The molecule has 8 N–H and O–H groups in total. The number of carboxylic acids is 2. The predicted octanol–water partition coefficient (Wildman–Crippen LogP) is 0.455. The number of likely N-dealkylation sites (N-methyl/N-ethyl adjacent to an activating group) is 1. The highest BCUT2D eigenvalue weighted by Crippen LogP contribution is 2.29. The van der Waals surface area contributed by atoms with Gasteiger partial charge in [0.15, 0.2) is 0 Å². The van der Waals surface area contributed by atoms with E-state index in [1.54, 1.807) is 6.07 Å². The lowest BCUT2D eigenvalue weighted by atomic mass is 9.91. The number of hydrogen-bond acceptors (Lipinski definition) is 4. The van der Waals surface area contributed by atoms with Crippen LogP contribution in [0, 0.1) is 0 Å². The molecule has 9 heteroatoms. The number of H-pyrrole nitrogens is 1. The molecule has 0 bridgehead atoms. The van der Waals surface area contributed by atoms with Gasteiger partial charge in [0, 0.05) is 28.2 Å². The van der Waals surface area contributed by atoms with E-state index < -0.39 is 11.9 Å². The number of benzene rings is 1. The zero-order valence-electron chi connectivity index (χ0n) is 15.0. The van der Waals surface area contributed by atoms with E-state index in [1.165, 1.54) is 11.3 Å². The molecule has 3 rings (SSSR count). The quantitative estimate of drug-likeness (QED) is 0.503. The zero-order valence-corrected chi connectivity index (χ0v) is 15.0. The van der Waals surface area contributed by atoms with E-state index in [0.717, 1.165) is 30.2 Å². The zero-order chi connectivity index (χ0) is 19.3. The van der Waals surface area contributed by atoms with Gasteiger partial charge in [0.05, 0.1) is 12.8 Å². The van der Waals surface area contributed by atoms with Crippen molar-refractivity contribution in [3.05, 3.63) is 35.0 Å². The number of carbonyl (C=O) groups is 3. The van der Waals surface area contributed by atoms with Gasteiger partial charge < -0.3 is 31.7 Å². The molecule has 1 heterocycles. The van der Waals surface area contributed by atoms with Crippen LogP contribution >= 0.6 is 0 Å². The fraction of sp³-hybridized carbons (Fsp3) is 0.389. The first-order chi connectivity index (χ1) is 12.3. The average molecular weight is 379 g/mol. The average Bonchev–Trinajstić information content (AvgIpc) is 2.97. The molecule has 1 aliphatic rings. The fourth-order valence-corrected chi connectivity index (χ4v) is 3.03. The van der Waals surface area contributed by atoms with Gasteiger partial charge in [-0.1, -0.05) is 0 Å². The normalized spacial score (nSPS) is 15.1. The largest absolute Gasteiger partial charge is 0.481 e. The Hall–Kier alpha value is -2.91. The van der Waals surface area contributed by atoms with Crippen LogP contribution in [0.1, 0.15) is 40.9 Å². The van der Waals surface area contributed by atoms with Crippen LogP contribution in [0.2, 0.25) is 0 Å². The van der Waals surface area contributed by atoms with Crippen LogP contribution in [0.25, 0.3) is 10.9 Å². The maximum atomic E-state index is 11.3. The summed E-state index contributed by atoms with van der Waals surface area (Å²) in [5.41, 5.74) is 9.66. The summed E-state index contributed by atoms with van der Waals surface area (Å²) in [6.45, 7) is 0. The summed E-state index contributed by atoms with van der Waals surface area (Å²) < 4.78 is 0. The van der Waals surface area contributed by atoms with Crippen molar-refractivity contribution in [2.75, 3.05) is 7.05 Å².